The topological polar surface area (TPSA) is 90.4 Å². The SMILES string of the molecule is COc1cccc2c1nc(N)n1nc(CNCc3ccc(Br)cc3)nc21. The van der Waals surface area contributed by atoms with Crippen molar-refractivity contribution in [2.45, 2.75) is 13.1 Å². The molecule has 26 heavy (non-hydrogen) atoms. The van der Waals surface area contributed by atoms with Crippen molar-refractivity contribution in [1.82, 2.24) is 24.9 Å². The molecule has 2 aromatic heterocycles. The van der Waals surface area contributed by atoms with Crippen LogP contribution in [0.5, 0.6) is 5.75 Å². The van der Waals surface area contributed by atoms with Crippen molar-refractivity contribution in [3.8, 4) is 5.75 Å². The number of fused-ring (bicyclic) bond motifs is 3. The van der Waals surface area contributed by atoms with Gasteiger partial charge in [0.15, 0.2) is 11.5 Å². The lowest BCUT2D eigenvalue weighted by Crippen LogP contribution is -2.13. The molecule has 0 saturated carbocycles. The quantitative estimate of drug-likeness (QED) is 0.523. The Balaban J connectivity index is 1.61. The molecular formula is C18H17BrN6O. The highest BCUT2D eigenvalue weighted by Crippen LogP contribution is 2.27. The molecule has 0 bridgehead atoms. The smallest absolute Gasteiger partial charge is 0.223 e. The van der Waals surface area contributed by atoms with E-state index in [4.69, 9.17) is 10.5 Å². The van der Waals surface area contributed by atoms with Gasteiger partial charge >= 0.3 is 0 Å². The number of hydrogen-bond donors (Lipinski definition) is 2. The van der Waals surface area contributed by atoms with Gasteiger partial charge in [-0.1, -0.05) is 34.1 Å². The molecule has 4 rings (SSSR count). The predicted molar refractivity (Wildman–Crippen MR) is 104 cm³/mol. The van der Waals surface area contributed by atoms with Gasteiger partial charge in [0, 0.05) is 16.4 Å². The third-order valence-electron chi connectivity index (χ3n) is 4.08. The summed E-state index contributed by atoms with van der Waals surface area (Å²) in [6.45, 7) is 1.26. The number of aromatic nitrogens is 4. The number of halogens is 1. The molecule has 0 aliphatic heterocycles. The maximum Gasteiger partial charge on any atom is 0.223 e. The number of hydrogen-bond acceptors (Lipinski definition) is 6. The normalized spacial score (nSPS) is 11.3. The number of nitrogens with one attached hydrogen (secondary N) is 1. The van der Waals surface area contributed by atoms with Crippen LogP contribution in [0.2, 0.25) is 0 Å². The number of nitrogens with two attached hydrogens (primary N) is 1. The Morgan fingerprint density at radius 1 is 1.12 bits per heavy atom. The number of benzene rings is 2. The standard InChI is InChI=1S/C18H17BrN6O/c1-26-14-4-2-3-13-16(14)23-18(20)25-17(13)22-15(24-25)10-21-9-11-5-7-12(19)8-6-11/h2-8,21H,9-10H2,1H3,(H2,20,23). The van der Waals surface area contributed by atoms with Gasteiger partial charge in [-0.25, -0.2) is 9.97 Å². The lowest BCUT2D eigenvalue weighted by molar-refractivity contribution is 0.419. The summed E-state index contributed by atoms with van der Waals surface area (Å²) in [5, 5.41) is 8.67. The van der Waals surface area contributed by atoms with E-state index in [9.17, 15) is 0 Å². The number of anilines is 1. The second kappa shape index (κ2) is 6.89. The molecule has 4 aromatic rings. The van der Waals surface area contributed by atoms with Crippen LogP contribution in [0.4, 0.5) is 5.95 Å². The van der Waals surface area contributed by atoms with E-state index in [0.29, 0.717) is 29.3 Å². The first kappa shape index (κ1) is 16.7. The van der Waals surface area contributed by atoms with Crippen molar-refractivity contribution in [1.29, 1.82) is 0 Å². The fourth-order valence-corrected chi connectivity index (χ4v) is 3.09. The molecule has 0 radical (unpaired) electrons. The van der Waals surface area contributed by atoms with Crippen LogP contribution >= 0.6 is 15.9 Å². The molecule has 2 aromatic carbocycles. The minimum absolute atomic E-state index is 0.281. The molecule has 132 valence electrons. The van der Waals surface area contributed by atoms with Crippen LogP contribution in [-0.2, 0) is 13.1 Å². The Morgan fingerprint density at radius 2 is 1.92 bits per heavy atom. The Hall–Kier alpha value is -2.71. The van der Waals surface area contributed by atoms with E-state index in [1.54, 1.807) is 11.6 Å². The van der Waals surface area contributed by atoms with Crippen molar-refractivity contribution in [3.63, 3.8) is 0 Å². The van der Waals surface area contributed by atoms with Crippen LogP contribution in [0, 0.1) is 0 Å². The highest BCUT2D eigenvalue weighted by molar-refractivity contribution is 9.10. The van der Waals surface area contributed by atoms with Crippen molar-refractivity contribution >= 4 is 38.4 Å². The number of nitrogens with zero attached hydrogens (tertiary/aromatic N) is 4. The molecule has 0 saturated heterocycles. The second-order valence-electron chi connectivity index (χ2n) is 5.82. The van der Waals surface area contributed by atoms with Crippen LogP contribution in [0.25, 0.3) is 16.6 Å². The molecule has 3 N–H and O–H groups in total. The zero-order chi connectivity index (χ0) is 18.1. The fourth-order valence-electron chi connectivity index (χ4n) is 2.83. The number of methoxy groups -OCH3 is 1. The highest BCUT2D eigenvalue weighted by atomic mass is 79.9. The third kappa shape index (κ3) is 3.09. The van der Waals surface area contributed by atoms with E-state index >= 15 is 0 Å². The van der Waals surface area contributed by atoms with Gasteiger partial charge in [0.25, 0.3) is 0 Å². The summed E-state index contributed by atoms with van der Waals surface area (Å²) >= 11 is 3.44. The summed E-state index contributed by atoms with van der Waals surface area (Å²) in [5.74, 6) is 1.60. The van der Waals surface area contributed by atoms with E-state index in [2.05, 4.69) is 48.4 Å². The van der Waals surface area contributed by atoms with E-state index in [0.717, 1.165) is 16.4 Å². The minimum Gasteiger partial charge on any atom is -0.494 e. The summed E-state index contributed by atoms with van der Waals surface area (Å²) in [6.07, 6.45) is 0. The number of ether oxygens (including phenoxy) is 1. The first-order valence-electron chi connectivity index (χ1n) is 8.08. The molecule has 0 atom stereocenters. The molecule has 0 aliphatic rings. The van der Waals surface area contributed by atoms with E-state index < -0.39 is 0 Å². The maximum absolute atomic E-state index is 6.06. The summed E-state index contributed by atoms with van der Waals surface area (Å²) in [5.41, 5.74) is 8.61. The van der Waals surface area contributed by atoms with Crippen LogP contribution < -0.4 is 15.8 Å². The van der Waals surface area contributed by atoms with Gasteiger partial charge in [-0.3, -0.25) is 0 Å². The Bertz CT molecular complexity index is 1080. The van der Waals surface area contributed by atoms with Crippen molar-refractivity contribution in [2.75, 3.05) is 12.8 Å². The Morgan fingerprint density at radius 3 is 2.69 bits per heavy atom. The molecule has 0 spiro atoms. The first-order valence-corrected chi connectivity index (χ1v) is 8.88. The summed E-state index contributed by atoms with van der Waals surface area (Å²) in [4.78, 5) is 9.04. The summed E-state index contributed by atoms with van der Waals surface area (Å²) in [7, 11) is 1.61. The monoisotopic (exact) mass is 412 g/mol. The molecule has 0 unspecified atom stereocenters. The van der Waals surface area contributed by atoms with Gasteiger partial charge in [-0.15, -0.1) is 5.10 Å². The van der Waals surface area contributed by atoms with E-state index in [-0.39, 0.29) is 5.95 Å². The summed E-state index contributed by atoms with van der Waals surface area (Å²) in [6, 6.07) is 13.9. The van der Waals surface area contributed by atoms with Gasteiger partial charge < -0.3 is 15.8 Å². The average molecular weight is 413 g/mol. The number of nitrogen functional groups attached to an aromatic ring is 1. The Labute approximate surface area is 158 Å². The Kier molecular flexibility index (Phi) is 4.44. The van der Waals surface area contributed by atoms with Crippen LogP contribution in [0.15, 0.2) is 46.9 Å². The van der Waals surface area contributed by atoms with Gasteiger partial charge in [-0.05, 0) is 29.8 Å². The molecule has 2 heterocycles. The van der Waals surface area contributed by atoms with Crippen LogP contribution in [0.1, 0.15) is 11.4 Å². The van der Waals surface area contributed by atoms with E-state index in [1.807, 2.05) is 30.3 Å². The van der Waals surface area contributed by atoms with Gasteiger partial charge in [0.1, 0.15) is 11.3 Å². The minimum atomic E-state index is 0.281. The molecule has 7 nitrogen and oxygen atoms in total. The lowest BCUT2D eigenvalue weighted by atomic mass is 10.2. The van der Waals surface area contributed by atoms with Gasteiger partial charge in [-0.2, -0.15) is 4.52 Å². The number of para-hydroxylation sites is 1. The lowest BCUT2D eigenvalue weighted by Gasteiger charge is -2.06. The number of rotatable bonds is 5. The second-order valence-corrected chi connectivity index (χ2v) is 6.74. The zero-order valence-electron chi connectivity index (χ0n) is 14.1. The summed E-state index contributed by atoms with van der Waals surface area (Å²) < 4.78 is 8.00. The molecular weight excluding hydrogens is 396 g/mol. The van der Waals surface area contributed by atoms with Crippen LogP contribution in [0.3, 0.4) is 0 Å². The molecule has 8 heteroatoms. The van der Waals surface area contributed by atoms with Gasteiger partial charge in [0.2, 0.25) is 5.95 Å². The molecule has 0 aliphatic carbocycles. The molecule has 0 fully saturated rings. The van der Waals surface area contributed by atoms with Crippen LogP contribution in [-0.4, -0.2) is 26.7 Å². The van der Waals surface area contributed by atoms with Crippen molar-refractivity contribution in [3.05, 3.63) is 58.3 Å². The van der Waals surface area contributed by atoms with E-state index in [1.165, 1.54) is 5.56 Å². The predicted octanol–water partition coefficient (Wildman–Crippen LogP) is 2.92. The average Bonchev–Trinajstić information content (AvgIpc) is 3.08. The van der Waals surface area contributed by atoms with Crippen molar-refractivity contribution in [2.24, 2.45) is 0 Å². The first-order chi connectivity index (χ1) is 12.7. The third-order valence-corrected chi connectivity index (χ3v) is 4.61. The highest BCUT2D eigenvalue weighted by Gasteiger charge is 2.14. The maximum atomic E-state index is 6.06. The largest absolute Gasteiger partial charge is 0.494 e. The van der Waals surface area contributed by atoms with Crippen molar-refractivity contribution < 1.29 is 4.74 Å². The fraction of sp³-hybridized carbons (Fsp3) is 0.167. The zero-order valence-corrected chi connectivity index (χ0v) is 15.7. The van der Waals surface area contributed by atoms with Gasteiger partial charge in [0.05, 0.1) is 13.7 Å². The molecule has 0 amide bonds.